The maximum atomic E-state index is 12.4. The van der Waals surface area contributed by atoms with E-state index >= 15 is 0 Å². The third-order valence-electron chi connectivity index (χ3n) is 3.88. The zero-order valence-electron chi connectivity index (χ0n) is 15.9. The summed E-state index contributed by atoms with van der Waals surface area (Å²) in [6, 6.07) is 15.8. The molecule has 2 aromatic rings. The molecule has 2 aromatic carbocycles. The van der Waals surface area contributed by atoms with Gasteiger partial charge >= 0.3 is 0 Å². The van der Waals surface area contributed by atoms with Crippen LogP contribution in [-0.2, 0) is 32.7 Å². The van der Waals surface area contributed by atoms with Crippen LogP contribution in [0.5, 0.6) is 0 Å². The molecule has 0 spiro atoms. The molecule has 1 N–H and O–H groups in total. The topological polar surface area (TPSA) is 75.7 Å². The summed E-state index contributed by atoms with van der Waals surface area (Å²) >= 11 is 0. The SMILES string of the molecule is CC(C)OCc1cccc(CNC(=O)CN(C)S(=O)(=O)c2ccccc2)c1. The summed E-state index contributed by atoms with van der Waals surface area (Å²) in [7, 11) is -2.29. The quantitative estimate of drug-likeness (QED) is 0.714. The zero-order valence-corrected chi connectivity index (χ0v) is 16.7. The number of rotatable bonds is 9. The Morgan fingerprint density at radius 1 is 1.07 bits per heavy atom. The number of ether oxygens (including phenoxy) is 1. The van der Waals surface area contributed by atoms with Crippen molar-refractivity contribution in [1.82, 2.24) is 9.62 Å². The summed E-state index contributed by atoms with van der Waals surface area (Å²) in [6.07, 6.45) is 0.149. The third-order valence-corrected chi connectivity index (χ3v) is 5.70. The standard InChI is InChI=1S/C20H26N2O4S/c1-16(2)26-15-18-9-7-8-17(12-18)13-21-20(23)14-22(3)27(24,25)19-10-5-4-6-11-19/h4-12,16H,13-15H2,1-3H3,(H,21,23). The van der Waals surface area contributed by atoms with Crippen LogP contribution in [0.1, 0.15) is 25.0 Å². The van der Waals surface area contributed by atoms with Crippen LogP contribution < -0.4 is 5.32 Å². The molecule has 0 aliphatic rings. The summed E-state index contributed by atoms with van der Waals surface area (Å²) in [6.45, 7) is 4.55. The minimum Gasteiger partial charge on any atom is -0.374 e. The Labute approximate surface area is 161 Å². The van der Waals surface area contributed by atoms with Gasteiger partial charge < -0.3 is 10.1 Å². The average molecular weight is 391 g/mol. The van der Waals surface area contributed by atoms with E-state index in [2.05, 4.69) is 5.32 Å². The van der Waals surface area contributed by atoms with Crippen LogP contribution in [0.15, 0.2) is 59.5 Å². The van der Waals surface area contributed by atoms with Crippen molar-refractivity contribution in [3.8, 4) is 0 Å². The van der Waals surface area contributed by atoms with E-state index in [1.54, 1.807) is 18.2 Å². The Morgan fingerprint density at radius 3 is 2.41 bits per heavy atom. The summed E-state index contributed by atoms with van der Waals surface area (Å²) < 4.78 is 31.5. The van der Waals surface area contributed by atoms with Gasteiger partial charge in [0.25, 0.3) is 0 Å². The van der Waals surface area contributed by atoms with Gasteiger partial charge in [0, 0.05) is 13.6 Å². The number of sulfonamides is 1. The Kier molecular flexibility index (Phi) is 7.53. The number of benzene rings is 2. The van der Waals surface area contributed by atoms with Crippen LogP contribution in [0.4, 0.5) is 0 Å². The smallest absolute Gasteiger partial charge is 0.243 e. The molecule has 0 aliphatic heterocycles. The van der Waals surface area contributed by atoms with E-state index in [4.69, 9.17) is 4.74 Å². The molecular formula is C20H26N2O4S. The van der Waals surface area contributed by atoms with E-state index in [0.29, 0.717) is 13.2 Å². The summed E-state index contributed by atoms with van der Waals surface area (Å²) in [5.74, 6) is -0.360. The number of carbonyl (C=O) groups excluding carboxylic acids is 1. The number of likely N-dealkylation sites (N-methyl/N-ethyl adjacent to an activating group) is 1. The minimum absolute atomic E-state index is 0.149. The number of hydrogen-bond donors (Lipinski definition) is 1. The van der Waals surface area contributed by atoms with Crippen molar-refractivity contribution in [2.75, 3.05) is 13.6 Å². The molecule has 0 saturated heterocycles. The molecule has 0 aromatic heterocycles. The van der Waals surface area contributed by atoms with Gasteiger partial charge in [-0.3, -0.25) is 4.79 Å². The monoisotopic (exact) mass is 390 g/mol. The van der Waals surface area contributed by atoms with Crippen LogP contribution >= 0.6 is 0 Å². The average Bonchev–Trinajstić information content (AvgIpc) is 2.65. The van der Waals surface area contributed by atoms with Gasteiger partial charge in [-0.2, -0.15) is 4.31 Å². The summed E-state index contributed by atoms with van der Waals surface area (Å²) in [5, 5.41) is 2.76. The van der Waals surface area contributed by atoms with Crippen LogP contribution in [0, 0.1) is 0 Å². The fourth-order valence-electron chi connectivity index (χ4n) is 2.41. The number of amides is 1. The lowest BCUT2D eigenvalue weighted by atomic mass is 10.1. The summed E-state index contributed by atoms with van der Waals surface area (Å²) in [4.78, 5) is 12.3. The lowest BCUT2D eigenvalue weighted by Crippen LogP contribution is -2.38. The molecule has 0 atom stereocenters. The van der Waals surface area contributed by atoms with E-state index in [0.717, 1.165) is 15.4 Å². The highest BCUT2D eigenvalue weighted by Crippen LogP contribution is 2.13. The largest absolute Gasteiger partial charge is 0.374 e. The van der Waals surface area contributed by atoms with Crippen molar-refractivity contribution in [1.29, 1.82) is 0 Å². The Hall–Kier alpha value is -2.22. The first-order chi connectivity index (χ1) is 12.8. The highest BCUT2D eigenvalue weighted by Gasteiger charge is 2.22. The number of carbonyl (C=O) groups is 1. The highest BCUT2D eigenvalue weighted by molar-refractivity contribution is 7.89. The molecule has 146 valence electrons. The van der Waals surface area contributed by atoms with Crippen LogP contribution in [0.3, 0.4) is 0 Å². The fraction of sp³-hybridized carbons (Fsp3) is 0.350. The second kappa shape index (κ2) is 9.64. The Balaban J connectivity index is 1.90. The van der Waals surface area contributed by atoms with Gasteiger partial charge in [0.2, 0.25) is 15.9 Å². The molecule has 0 radical (unpaired) electrons. The van der Waals surface area contributed by atoms with Gasteiger partial charge in [-0.05, 0) is 37.1 Å². The Morgan fingerprint density at radius 2 is 1.74 bits per heavy atom. The molecule has 0 fully saturated rings. The second-order valence-electron chi connectivity index (χ2n) is 6.53. The third kappa shape index (κ3) is 6.46. The molecule has 0 heterocycles. The van der Waals surface area contributed by atoms with E-state index in [1.807, 2.05) is 38.1 Å². The molecular weight excluding hydrogens is 364 g/mol. The molecule has 0 unspecified atom stereocenters. The molecule has 0 aliphatic carbocycles. The first kappa shape index (κ1) is 21.1. The molecule has 1 amide bonds. The van der Waals surface area contributed by atoms with E-state index < -0.39 is 10.0 Å². The second-order valence-corrected chi connectivity index (χ2v) is 8.58. The van der Waals surface area contributed by atoms with Gasteiger partial charge in [-0.15, -0.1) is 0 Å². The van der Waals surface area contributed by atoms with Crippen molar-refractivity contribution >= 4 is 15.9 Å². The van der Waals surface area contributed by atoms with Crippen molar-refractivity contribution in [3.05, 3.63) is 65.7 Å². The normalized spacial score (nSPS) is 11.7. The number of nitrogens with one attached hydrogen (secondary N) is 1. The predicted octanol–water partition coefficient (Wildman–Crippen LogP) is 2.55. The maximum Gasteiger partial charge on any atom is 0.243 e. The van der Waals surface area contributed by atoms with Crippen LogP contribution in [0.25, 0.3) is 0 Å². The minimum atomic E-state index is -3.68. The number of hydrogen-bond acceptors (Lipinski definition) is 4. The van der Waals surface area contributed by atoms with Crippen LogP contribution in [0.2, 0.25) is 0 Å². The molecule has 7 heteroatoms. The Bertz CT molecular complexity index is 851. The fourth-order valence-corrected chi connectivity index (χ4v) is 3.56. The van der Waals surface area contributed by atoms with Gasteiger partial charge in [0.1, 0.15) is 0 Å². The molecule has 0 bridgehead atoms. The van der Waals surface area contributed by atoms with Crippen molar-refractivity contribution in [3.63, 3.8) is 0 Å². The maximum absolute atomic E-state index is 12.4. The van der Waals surface area contributed by atoms with E-state index in [-0.39, 0.29) is 23.5 Å². The lowest BCUT2D eigenvalue weighted by Gasteiger charge is -2.17. The molecule has 6 nitrogen and oxygen atoms in total. The van der Waals surface area contributed by atoms with Gasteiger partial charge in [0.05, 0.1) is 24.2 Å². The zero-order chi connectivity index (χ0) is 19.9. The van der Waals surface area contributed by atoms with E-state index in [1.165, 1.54) is 19.2 Å². The summed E-state index contributed by atoms with van der Waals surface area (Å²) in [5.41, 5.74) is 1.96. The lowest BCUT2D eigenvalue weighted by molar-refractivity contribution is -0.121. The first-order valence-corrected chi connectivity index (χ1v) is 10.2. The molecule has 2 rings (SSSR count). The predicted molar refractivity (Wildman–Crippen MR) is 104 cm³/mol. The number of nitrogens with zero attached hydrogens (tertiary/aromatic N) is 1. The molecule has 27 heavy (non-hydrogen) atoms. The van der Waals surface area contributed by atoms with Crippen molar-refractivity contribution < 1.29 is 17.9 Å². The van der Waals surface area contributed by atoms with Crippen LogP contribution in [-0.4, -0.2) is 38.3 Å². The van der Waals surface area contributed by atoms with Crippen molar-refractivity contribution in [2.45, 2.75) is 38.0 Å². The van der Waals surface area contributed by atoms with Gasteiger partial charge in [-0.1, -0.05) is 42.5 Å². The van der Waals surface area contributed by atoms with E-state index in [9.17, 15) is 13.2 Å². The highest BCUT2D eigenvalue weighted by atomic mass is 32.2. The van der Waals surface area contributed by atoms with Gasteiger partial charge in [0.15, 0.2) is 0 Å². The first-order valence-electron chi connectivity index (χ1n) is 8.76. The molecule has 0 saturated carbocycles. The van der Waals surface area contributed by atoms with Crippen molar-refractivity contribution in [2.24, 2.45) is 0 Å². The van der Waals surface area contributed by atoms with Gasteiger partial charge in [-0.25, -0.2) is 8.42 Å².